The minimum atomic E-state index is -0.194. The molecule has 1 aliphatic rings. The fourth-order valence-corrected chi connectivity index (χ4v) is 2.90. The zero-order valence-electron chi connectivity index (χ0n) is 11.9. The molecule has 2 nitrogen and oxygen atoms in total. The van der Waals surface area contributed by atoms with E-state index in [0.29, 0.717) is 11.3 Å². The molecule has 1 fully saturated rings. The van der Waals surface area contributed by atoms with Crippen molar-refractivity contribution in [1.29, 1.82) is 0 Å². The van der Waals surface area contributed by atoms with Crippen molar-refractivity contribution < 1.29 is 9.13 Å². The van der Waals surface area contributed by atoms with Crippen LogP contribution in [0, 0.1) is 11.7 Å². The van der Waals surface area contributed by atoms with E-state index < -0.39 is 0 Å². The third kappa shape index (κ3) is 3.93. The van der Waals surface area contributed by atoms with Gasteiger partial charge in [-0.2, -0.15) is 0 Å². The molecule has 0 spiro atoms. The van der Waals surface area contributed by atoms with E-state index in [9.17, 15) is 4.39 Å². The van der Waals surface area contributed by atoms with Gasteiger partial charge in [-0.3, -0.25) is 0 Å². The Kier molecular flexibility index (Phi) is 5.20. The molecule has 3 heteroatoms. The first-order valence-corrected chi connectivity index (χ1v) is 7.27. The number of hydrogen-bond acceptors (Lipinski definition) is 2. The Morgan fingerprint density at radius 2 is 2.11 bits per heavy atom. The Hall–Kier alpha value is -1.09. The Morgan fingerprint density at radius 1 is 1.37 bits per heavy atom. The molecule has 0 amide bonds. The molecule has 0 aromatic heterocycles. The van der Waals surface area contributed by atoms with Gasteiger partial charge in [-0.1, -0.05) is 31.7 Å². The number of halogens is 1. The van der Waals surface area contributed by atoms with E-state index in [1.165, 1.54) is 38.2 Å². The van der Waals surface area contributed by atoms with Crippen molar-refractivity contribution in [3.63, 3.8) is 0 Å². The van der Waals surface area contributed by atoms with Gasteiger partial charge in [0.05, 0.1) is 7.11 Å². The van der Waals surface area contributed by atoms with Crippen LogP contribution in [0.3, 0.4) is 0 Å². The molecule has 106 valence electrons. The standard InChI is InChI=1S/C16H24FNO/c1-12(18-10-9-13-5-3-4-6-13)15-8-7-14(19-2)11-16(15)17/h7-8,11-13,18H,3-6,9-10H2,1-2H3. The van der Waals surface area contributed by atoms with Gasteiger partial charge in [0.2, 0.25) is 0 Å². The third-order valence-electron chi connectivity index (χ3n) is 4.15. The maximum Gasteiger partial charge on any atom is 0.131 e. The van der Waals surface area contributed by atoms with Gasteiger partial charge in [0.1, 0.15) is 11.6 Å². The quantitative estimate of drug-likeness (QED) is 0.837. The zero-order chi connectivity index (χ0) is 13.7. The summed E-state index contributed by atoms with van der Waals surface area (Å²) in [6.07, 6.45) is 6.71. The Labute approximate surface area is 115 Å². The van der Waals surface area contributed by atoms with Crippen molar-refractivity contribution in [3.05, 3.63) is 29.6 Å². The molecule has 0 bridgehead atoms. The molecule has 0 aliphatic heterocycles. The average Bonchev–Trinajstić information content (AvgIpc) is 2.91. The minimum Gasteiger partial charge on any atom is -0.497 e. The fraction of sp³-hybridized carbons (Fsp3) is 0.625. The Balaban J connectivity index is 1.83. The number of methoxy groups -OCH3 is 1. The average molecular weight is 265 g/mol. The van der Waals surface area contributed by atoms with Crippen LogP contribution in [0.25, 0.3) is 0 Å². The van der Waals surface area contributed by atoms with Crippen LogP contribution in [-0.4, -0.2) is 13.7 Å². The number of ether oxygens (including phenoxy) is 1. The minimum absolute atomic E-state index is 0.0484. The highest BCUT2D eigenvalue weighted by atomic mass is 19.1. The summed E-state index contributed by atoms with van der Waals surface area (Å²) in [5, 5.41) is 3.42. The zero-order valence-corrected chi connectivity index (χ0v) is 11.9. The van der Waals surface area contributed by atoms with Crippen LogP contribution in [0.4, 0.5) is 4.39 Å². The lowest BCUT2D eigenvalue weighted by Gasteiger charge is -2.17. The molecule has 19 heavy (non-hydrogen) atoms. The van der Waals surface area contributed by atoms with Gasteiger partial charge in [-0.25, -0.2) is 4.39 Å². The lowest BCUT2D eigenvalue weighted by molar-refractivity contribution is 0.408. The van der Waals surface area contributed by atoms with E-state index in [-0.39, 0.29) is 11.9 Å². The second-order valence-electron chi connectivity index (χ2n) is 5.50. The first kappa shape index (κ1) is 14.3. The molecule has 1 N–H and O–H groups in total. The molecule has 2 rings (SSSR count). The molecule has 0 saturated heterocycles. The molecule has 1 saturated carbocycles. The molecular weight excluding hydrogens is 241 g/mol. The van der Waals surface area contributed by atoms with E-state index in [2.05, 4.69) is 5.32 Å². The van der Waals surface area contributed by atoms with E-state index in [0.717, 1.165) is 12.5 Å². The van der Waals surface area contributed by atoms with Crippen molar-refractivity contribution in [3.8, 4) is 5.75 Å². The second kappa shape index (κ2) is 6.90. The maximum absolute atomic E-state index is 13.9. The summed E-state index contributed by atoms with van der Waals surface area (Å²) >= 11 is 0. The van der Waals surface area contributed by atoms with Crippen LogP contribution in [-0.2, 0) is 0 Å². The summed E-state index contributed by atoms with van der Waals surface area (Å²) in [7, 11) is 1.55. The van der Waals surface area contributed by atoms with Crippen molar-refractivity contribution >= 4 is 0 Å². The summed E-state index contributed by atoms with van der Waals surface area (Å²) in [5.74, 6) is 1.25. The predicted molar refractivity (Wildman–Crippen MR) is 75.9 cm³/mol. The van der Waals surface area contributed by atoms with Gasteiger partial charge < -0.3 is 10.1 Å². The highest BCUT2D eigenvalue weighted by molar-refractivity contribution is 5.30. The summed E-state index contributed by atoms with van der Waals surface area (Å²) in [6, 6.07) is 5.12. The molecule has 0 heterocycles. The molecule has 0 radical (unpaired) electrons. The lowest BCUT2D eigenvalue weighted by atomic mass is 10.0. The van der Waals surface area contributed by atoms with Crippen LogP contribution in [0.1, 0.15) is 50.6 Å². The Morgan fingerprint density at radius 3 is 2.74 bits per heavy atom. The summed E-state index contributed by atoms with van der Waals surface area (Å²) in [6.45, 7) is 2.98. The smallest absolute Gasteiger partial charge is 0.131 e. The molecule has 1 aromatic rings. The van der Waals surface area contributed by atoms with Crippen LogP contribution >= 0.6 is 0 Å². The molecule has 1 unspecified atom stereocenters. The third-order valence-corrected chi connectivity index (χ3v) is 4.15. The molecule has 1 aliphatic carbocycles. The molecule has 1 aromatic carbocycles. The first-order valence-electron chi connectivity index (χ1n) is 7.27. The fourth-order valence-electron chi connectivity index (χ4n) is 2.90. The largest absolute Gasteiger partial charge is 0.497 e. The van der Waals surface area contributed by atoms with Gasteiger partial charge in [0.25, 0.3) is 0 Å². The summed E-state index contributed by atoms with van der Waals surface area (Å²) in [5.41, 5.74) is 0.715. The monoisotopic (exact) mass is 265 g/mol. The highest BCUT2D eigenvalue weighted by Crippen LogP contribution is 2.27. The van der Waals surface area contributed by atoms with Gasteiger partial charge in [0, 0.05) is 17.7 Å². The normalized spacial score (nSPS) is 17.6. The van der Waals surface area contributed by atoms with Crippen molar-refractivity contribution in [2.24, 2.45) is 5.92 Å². The Bertz CT molecular complexity index is 402. The number of benzene rings is 1. The molecular formula is C16H24FNO. The van der Waals surface area contributed by atoms with Crippen LogP contribution < -0.4 is 10.1 Å². The number of rotatable bonds is 6. The van der Waals surface area contributed by atoms with E-state index in [1.54, 1.807) is 13.2 Å². The topological polar surface area (TPSA) is 21.3 Å². The number of nitrogens with one attached hydrogen (secondary N) is 1. The van der Waals surface area contributed by atoms with Gasteiger partial charge in [-0.05, 0) is 31.9 Å². The summed E-state index contributed by atoms with van der Waals surface area (Å²) < 4.78 is 18.9. The predicted octanol–water partition coefficient (Wildman–Crippen LogP) is 4.07. The molecule has 1 atom stereocenters. The SMILES string of the molecule is COc1ccc(C(C)NCCC2CCCC2)c(F)c1. The van der Waals surface area contributed by atoms with Crippen molar-refractivity contribution in [2.75, 3.05) is 13.7 Å². The first-order chi connectivity index (χ1) is 9.20. The van der Waals surface area contributed by atoms with Crippen LogP contribution in [0.2, 0.25) is 0 Å². The highest BCUT2D eigenvalue weighted by Gasteiger charge is 2.16. The summed E-state index contributed by atoms with van der Waals surface area (Å²) in [4.78, 5) is 0. The van der Waals surface area contributed by atoms with Gasteiger partial charge >= 0.3 is 0 Å². The second-order valence-corrected chi connectivity index (χ2v) is 5.50. The number of hydrogen-bond donors (Lipinski definition) is 1. The lowest BCUT2D eigenvalue weighted by Crippen LogP contribution is -2.22. The van der Waals surface area contributed by atoms with Gasteiger partial charge in [-0.15, -0.1) is 0 Å². The maximum atomic E-state index is 13.9. The van der Waals surface area contributed by atoms with Crippen molar-refractivity contribution in [2.45, 2.75) is 45.1 Å². The van der Waals surface area contributed by atoms with Crippen LogP contribution in [0.15, 0.2) is 18.2 Å². The van der Waals surface area contributed by atoms with Crippen molar-refractivity contribution in [1.82, 2.24) is 5.32 Å². The van der Waals surface area contributed by atoms with E-state index >= 15 is 0 Å². The van der Waals surface area contributed by atoms with E-state index in [4.69, 9.17) is 4.74 Å². The van der Waals surface area contributed by atoms with Gasteiger partial charge in [0.15, 0.2) is 0 Å². The van der Waals surface area contributed by atoms with Crippen LogP contribution in [0.5, 0.6) is 5.75 Å². The van der Waals surface area contributed by atoms with E-state index in [1.807, 2.05) is 13.0 Å².